The minimum Gasteiger partial charge on any atom is -0.507 e. The third-order valence-corrected chi connectivity index (χ3v) is 4.34. The summed E-state index contributed by atoms with van der Waals surface area (Å²) in [4.78, 5) is 12.2. The molecule has 2 rings (SSSR count). The summed E-state index contributed by atoms with van der Waals surface area (Å²) < 4.78 is 6.06. The van der Waals surface area contributed by atoms with Gasteiger partial charge in [0.25, 0.3) is 5.91 Å². The summed E-state index contributed by atoms with van der Waals surface area (Å²) in [6.45, 7) is 10.0. The van der Waals surface area contributed by atoms with E-state index in [0.29, 0.717) is 18.7 Å². The number of amides is 1. The van der Waals surface area contributed by atoms with Crippen LogP contribution in [0.15, 0.2) is 0 Å². The topological polar surface area (TPSA) is 58.6 Å². The molecule has 0 radical (unpaired) electrons. The van der Waals surface area contributed by atoms with Gasteiger partial charge in [-0.05, 0) is 57.7 Å². The Morgan fingerprint density at radius 3 is 2.55 bits per heavy atom. The van der Waals surface area contributed by atoms with Gasteiger partial charge in [0.1, 0.15) is 11.5 Å². The first-order valence-corrected chi connectivity index (χ1v) is 7.10. The van der Waals surface area contributed by atoms with Gasteiger partial charge in [0.15, 0.2) is 5.60 Å². The van der Waals surface area contributed by atoms with Crippen molar-refractivity contribution >= 4 is 5.91 Å². The van der Waals surface area contributed by atoms with Crippen LogP contribution in [0.2, 0.25) is 0 Å². The van der Waals surface area contributed by atoms with Crippen molar-refractivity contribution in [3.63, 3.8) is 0 Å². The lowest BCUT2D eigenvalue weighted by Crippen LogP contribution is -2.51. The fourth-order valence-corrected chi connectivity index (χ4v) is 2.76. The summed E-state index contributed by atoms with van der Waals surface area (Å²) in [5.74, 6) is 1.03. The first-order valence-electron chi connectivity index (χ1n) is 7.10. The molecule has 0 fully saturated rings. The molecular formula is C16H23NO3. The van der Waals surface area contributed by atoms with E-state index in [1.54, 1.807) is 0 Å². The van der Waals surface area contributed by atoms with E-state index >= 15 is 0 Å². The van der Waals surface area contributed by atoms with Crippen molar-refractivity contribution in [3.8, 4) is 11.5 Å². The molecule has 0 spiro atoms. The molecule has 1 aromatic rings. The summed E-state index contributed by atoms with van der Waals surface area (Å²) in [5, 5.41) is 13.0. The number of nitrogens with one attached hydrogen (secondary N) is 1. The standard InChI is InChI=1S/C16H23NO3/c1-6-17-15(19)16(5)8-7-12-11(4)13(18)9(2)10(3)14(12)20-16/h18H,6-8H2,1-5H3,(H,17,19). The van der Waals surface area contributed by atoms with Crippen molar-refractivity contribution in [2.24, 2.45) is 0 Å². The summed E-state index contributed by atoms with van der Waals surface area (Å²) in [6, 6.07) is 0. The Morgan fingerprint density at radius 2 is 1.95 bits per heavy atom. The molecule has 4 nitrogen and oxygen atoms in total. The Balaban J connectivity index is 2.47. The minimum absolute atomic E-state index is 0.0755. The number of hydrogen-bond acceptors (Lipinski definition) is 3. The minimum atomic E-state index is -0.830. The lowest BCUT2D eigenvalue weighted by atomic mass is 9.86. The van der Waals surface area contributed by atoms with Crippen LogP contribution in [0.5, 0.6) is 11.5 Å². The van der Waals surface area contributed by atoms with Gasteiger partial charge < -0.3 is 15.2 Å². The van der Waals surface area contributed by atoms with E-state index in [4.69, 9.17) is 4.74 Å². The third-order valence-electron chi connectivity index (χ3n) is 4.34. The largest absolute Gasteiger partial charge is 0.507 e. The quantitative estimate of drug-likeness (QED) is 0.873. The van der Waals surface area contributed by atoms with Crippen LogP contribution in [0, 0.1) is 20.8 Å². The fourth-order valence-electron chi connectivity index (χ4n) is 2.76. The molecule has 1 amide bonds. The molecule has 4 heteroatoms. The van der Waals surface area contributed by atoms with Gasteiger partial charge in [0.05, 0.1) is 0 Å². The zero-order valence-corrected chi connectivity index (χ0v) is 12.9. The smallest absolute Gasteiger partial charge is 0.263 e. The molecule has 0 saturated heterocycles. The zero-order valence-electron chi connectivity index (χ0n) is 12.9. The van der Waals surface area contributed by atoms with E-state index in [1.165, 1.54) is 0 Å². The lowest BCUT2D eigenvalue weighted by Gasteiger charge is -2.36. The first-order chi connectivity index (χ1) is 9.31. The Labute approximate surface area is 120 Å². The van der Waals surface area contributed by atoms with Gasteiger partial charge in [-0.15, -0.1) is 0 Å². The van der Waals surface area contributed by atoms with E-state index in [2.05, 4.69) is 5.32 Å². The average molecular weight is 277 g/mol. The van der Waals surface area contributed by atoms with Crippen LogP contribution in [0.4, 0.5) is 0 Å². The van der Waals surface area contributed by atoms with E-state index in [1.807, 2.05) is 34.6 Å². The van der Waals surface area contributed by atoms with E-state index in [9.17, 15) is 9.90 Å². The maximum atomic E-state index is 12.2. The molecule has 1 aromatic carbocycles. The highest BCUT2D eigenvalue weighted by Crippen LogP contribution is 2.43. The lowest BCUT2D eigenvalue weighted by molar-refractivity contribution is -0.136. The second-order valence-corrected chi connectivity index (χ2v) is 5.72. The number of rotatable bonds is 2. The maximum absolute atomic E-state index is 12.2. The van der Waals surface area contributed by atoms with Gasteiger partial charge >= 0.3 is 0 Å². The van der Waals surface area contributed by atoms with Crippen LogP contribution in [-0.2, 0) is 11.2 Å². The van der Waals surface area contributed by atoms with E-state index in [0.717, 1.165) is 34.4 Å². The van der Waals surface area contributed by atoms with Crippen molar-refractivity contribution in [2.45, 2.75) is 53.1 Å². The molecule has 1 atom stereocenters. The summed E-state index contributed by atoms with van der Waals surface area (Å²) >= 11 is 0. The average Bonchev–Trinajstić information content (AvgIpc) is 2.43. The van der Waals surface area contributed by atoms with Gasteiger partial charge in [0, 0.05) is 18.5 Å². The van der Waals surface area contributed by atoms with Crippen molar-refractivity contribution < 1.29 is 14.6 Å². The zero-order chi connectivity index (χ0) is 15.1. The van der Waals surface area contributed by atoms with E-state index < -0.39 is 5.60 Å². The Kier molecular flexibility index (Phi) is 3.67. The van der Waals surface area contributed by atoms with Crippen LogP contribution in [0.1, 0.15) is 42.5 Å². The normalized spacial score (nSPS) is 21.1. The number of ether oxygens (including phenoxy) is 1. The molecule has 0 aromatic heterocycles. The SMILES string of the molecule is CCNC(=O)C1(C)CCc2c(C)c(O)c(C)c(C)c2O1. The molecule has 0 aliphatic carbocycles. The molecule has 1 heterocycles. The monoisotopic (exact) mass is 277 g/mol. The number of aromatic hydroxyl groups is 1. The number of phenols is 1. The van der Waals surface area contributed by atoms with Gasteiger partial charge in [-0.3, -0.25) is 4.79 Å². The third kappa shape index (κ3) is 2.13. The van der Waals surface area contributed by atoms with Crippen LogP contribution in [0.25, 0.3) is 0 Å². The molecular weight excluding hydrogens is 254 g/mol. The summed E-state index contributed by atoms with van der Waals surface area (Å²) in [6.07, 6.45) is 1.36. The number of carbonyl (C=O) groups is 1. The van der Waals surface area contributed by atoms with E-state index in [-0.39, 0.29) is 5.91 Å². The number of carbonyl (C=O) groups excluding carboxylic acids is 1. The van der Waals surface area contributed by atoms with Crippen molar-refractivity contribution in [2.75, 3.05) is 6.54 Å². The van der Waals surface area contributed by atoms with Crippen molar-refractivity contribution in [3.05, 3.63) is 22.3 Å². The number of phenolic OH excluding ortho intramolecular Hbond substituents is 1. The predicted octanol–water partition coefficient (Wildman–Crippen LogP) is 2.54. The predicted molar refractivity (Wildman–Crippen MR) is 78.4 cm³/mol. The van der Waals surface area contributed by atoms with Crippen LogP contribution >= 0.6 is 0 Å². The number of benzene rings is 1. The number of hydrogen-bond donors (Lipinski definition) is 2. The highest BCUT2D eigenvalue weighted by Gasteiger charge is 2.40. The Morgan fingerprint density at radius 1 is 1.30 bits per heavy atom. The van der Waals surface area contributed by atoms with Crippen LogP contribution in [-0.4, -0.2) is 23.2 Å². The van der Waals surface area contributed by atoms with Gasteiger partial charge in [0.2, 0.25) is 0 Å². The fraction of sp³-hybridized carbons (Fsp3) is 0.562. The van der Waals surface area contributed by atoms with Gasteiger partial charge in [-0.2, -0.15) is 0 Å². The summed E-state index contributed by atoms with van der Waals surface area (Å²) in [5.41, 5.74) is 2.79. The highest BCUT2D eigenvalue weighted by atomic mass is 16.5. The Bertz CT molecular complexity index is 566. The van der Waals surface area contributed by atoms with Crippen LogP contribution < -0.4 is 10.1 Å². The highest BCUT2D eigenvalue weighted by molar-refractivity contribution is 5.85. The Hall–Kier alpha value is -1.71. The molecule has 20 heavy (non-hydrogen) atoms. The molecule has 0 saturated carbocycles. The van der Waals surface area contributed by atoms with Crippen LogP contribution in [0.3, 0.4) is 0 Å². The number of likely N-dealkylation sites (N-methyl/N-ethyl adjacent to an activating group) is 1. The van der Waals surface area contributed by atoms with Crippen molar-refractivity contribution in [1.29, 1.82) is 0 Å². The molecule has 1 aliphatic rings. The number of fused-ring (bicyclic) bond motifs is 1. The second-order valence-electron chi connectivity index (χ2n) is 5.72. The van der Waals surface area contributed by atoms with Crippen molar-refractivity contribution in [1.82, 2.24) is 5.32 Å². The van der Waals surface area contributed by atoms with Gasteiger partial charge in [-0.1, -0.05) is 0 Å². The summed E-state index contributed by atoms with van der Waals surface area (Å²) in [7, 11) is 0. The molecule has 2 N–H and O–H groups in total. The first kappa shape index (κ1) is 14.7. The maximum Gasteiger partial charge on any atom is 0.263 e. The molecule has 0 bridgehead atoms. The second kappa shape index (κ2) is 5.00. The molecule has 1 unspecified atom stereocenters. The van der Waals surface area contributed by atoms with Gasteiger partial charge in [-0.25, -0.2) is 0 Å². The molecule has 1 aliphatic heterocycles. The molecule has 110 valence electrons.